The van der Waals surface area contributed by atoms with E-state index in [1.807, 2.05) is 19.9 Å². The maximum absolute atomic E-state index is 12.1. The van der Waals surface area contributed by atoms with Gasteiger partial charge in [0.25, 0.3) is 0 Å². The molecule has 8 heteroatoms. The molecule has 124 valence electrons. The van der Waals surface area contributed by atoms with Gasteiger partial charge in [0.2, 0.25) is 15.9 Å². The van der Waals surface area contributed by atoms with Crippen LogP contribution in [0.15, 0.2) is 28.8 Å². The highest BCUT2D eigenvalue weighted by molar-refractivity contribution is 7.92. The van der Waals surface area contributed by atoms with Crippen LogP contribution in [0, 0.1) is 20.8 Å². The molecule has 0 unspecified atom stereocenters. The Balaban J connectivity index is 2.26. The minimum atomic E-state index is -3.61. The SMILES string of the molecule is Cc1cc(NC(=O)CN(c2cccc(C)c2C)S(C)(=O)=O)no1. The first kappa shape index (κ1) is 17.0. The van der Waals surface area contributed by atoms with Gasteiger partial charge in [0.05, 0.1) is 11.9 Å². The molecule has 0 bridgehead atoms. The highest BCUT2D eigenvalue weighted by Crippen LogP contribution is 2.24. The van der Waals surface area contributed by atoms with E-state index in [-0.39, 0.29) is 12.4 Å². The standard InChI is InChI=1S/C15H19N3O4S/c1-10-6-5-7-13(12(10)3)18(23(4,20)21)9-15(19)16-14-8-11(2)22-17-14/h5-8H,9H2,1-4H3,(H,16,17,19). The Bertz CT molecular complexity index is 827. The van der Waals surface area contributed by atoms with Gasteiger partial charge in [-0.15, -0.1) is 0 Å². The van der Waals surface area contributed by atoms with Crippen molar-refractivity contribution in [1.82, 2.24) is 5.16 Å². The molecule has 1 heterocycles. The highest BCUT2D eigenvalue weighted by atomic mass is 32.2. The Kier molecular flexibility index (Phi) is 4.74. The summed E-state index contributed by atoms with van der Waals surface area (Å²) in [6.45, 7) is 5.07. The van der Waals surface area contributed by atoms with Gasteiger partial charge >= 0.3 is 0 Å². The van der Waals surface area contributed by atoms with E-state index in [2.05, 4.69) is 10.5 Å². The number of carbonyl (C=O) groups is 1. The number of carbonyl (C=O) groups excluding carboxylic acids is 1. The van der Waals surface area contributed by atoms with E-state index in [9.17, 15) is 13.2 Å². The van der Waals surface area contributed by atoms with Gasteiger partial charge in [0.15, 0.2) is 5.82 Å². The summed E-state index contributed by atoms with van der Waals surface area (Å²) in [5.74, 6) is 0.307. The van der Waals surface area contributed by atoms with E-state index in [0.29, 0.717) is 11.4 Å². The van der Waals surface area contributed by atoms with E-state index in [1.54, 1.807) is 25.1 Å². The van der Waals surface area contributed by atoms with Gasteiger partial charge in [-0.1, -0.05) is 17.3 Å². The van der Waals surface area contributed by atoms with Gasteiger partial charge in [-0.05, 0) is 38.0 Å². The van der Waals surface area contributed by atoms with Crippen LogP contribution in [-0.2, 0) is 14.8 Å². The second kappa shape index (κ2) is 6.41. The molecule has 1 aromatic heterocycles. The highest BCUT2D eigenvalue weighted by Gasteiger charge is 2.23. The number of hydrogen-bond donors (Lipinski definition) is 1. The third kappa shape index (κ3) is 4.10. The van der Waals surface area contributed by atoms with E-state index < -0.39 is 15.9 Å². The summed E-state index contributed by atoms with van der Waals surface area (Å²) in [6, 6.07) is 6.88. The van der Waals surface area contributed by atoms with E-state index in [4.69, 9.17) is 4.52 Å². The second-order valence-electron chi connectivity index (χ2n) is 5.36. The Morgan fingerprint density at radius 3 is 2.57 bits per heavy atom. The number of benzene rings is 1. The first-order chi connectivity index (χ1) is 10.7. The number of nitrogens with zero attached hydrogens (tertiary/aromatic N) is 2. The fraction of sp³-hybridized carbons (Fsp3) is 0.333. The fourth-order valence-corrected chi connectivity index (χ4v) is 3.03. The lowest BCUT2D eigenvalue weighted by Crippen LogP contribution is -2.38. The molecule has 0 fully saturated rings. The van der Waals surface area contributed by atoms with Crippen LogP contribution in [0.4, 0.5) is 11.5 Å². The lowest BCUT2D eigenvalue weighted by Gasteiger charge is -2.24. The molecule has 2 aromatic rings. The molecule has 0 spiro atoms. The zero-order valence-electron chi connectivity index (χ0n) is 13.5. The Morgan fingerprint density at radius 1 is 1.30 bits per heavy atom. The van der Waals surface area contributed by atoms with Crippen LogP contribution in [0.5, 0.6) is 0 Å². The number of rotatable bonds is 5. The minimum absolute atomic E-state index is 0.252. The average molecular weight is 337 g/mol. The molecule has 0 aliphatic rings. The van der Waals surface area contributed by atoms with Crippen LogP contribution >= 0.6 is 0 Å². The van der Waals surface area contributed by atoms with Crippen molar-refractivity contribution < 1.29 is 17.7 Å². The third-order valence-corrected chi connectivity index (χ3v) is 4.55. The van der Waals surface area contributed by atoms with Crippen LogP contribution < -0.4 is 9.62 Å². The lowest BCUT2D eigenvalue weighted by molar-refractivity contribution is -0.114. The predicted molar refractivity (Wildman–Crippen MR) is 88.0 cm³/mol. The third-order valence-electron chi connectivity index (χ3n) is 3.43. The summed E-state index contributed by atoms with van der Waals surface area (Å²) >= 11 is 0. The molecule has 23 heavy (non-hydrogen) atoms. The number of hydrogen-bond acceptors (Lipinski definition) is 5. The van der Waals surface area contributed by atoms with Crippen LogP contribution in [-0.4, -0.2) is 32.3 Å². The number of sulfonamides is 1. The molecule has 0 aliphatic heterocycles. The van der Waals surface area contributed by atoms with Crippen molar-refractivity contribution in [2.75, 3.05) is 22.4 Å². The van der Waals surface area contributed by atoms with Gasteiger partial charge < -0.3 is 9.84 Å². The monoisotopic (exact) mass is 337 g/mol. The quantitative estimate of drug-likeness (QED) is 0.901. The average Bonchev–Trinajstić information content (AvgIpc) is 2.84. The summed E-state index contributed by atoms with van der Waals surface area (Å²) in [7, 11) is -3.61. The molecule has 7 nitrogen and oxygen atoms in total. The fourth-order valence-electron chi connectivity index (χ4n) is 2.12. The molecule has 0 saturated carbocycles. The largest absolute Gasteiger partial charge is 0.360 e. The van der Waals surface area contributed by atoms with Crippen LogP contribution in [0.3, 0.4) is 0 Å². The molecule has 0 saturated heterocycles. The molecular weight excluding hydrogens is 318 g/mol. The van der Waals surface area contributed by atoms with E-state index in [1.165, 1.54) is 0 Å². The number of aromatic nitrogens is 1. The lowest BCUT2D eigenvalue weighted by atomic mass is 10.1. The second-order valence-corrected chi connectivity index (χ2v) is 7.27. The topological polar surface area (TPSA) is 92.5 Å². The van der Waals surface area contributed by atoms with Crippen molar-refractivity contribution in [1.29, 1.82) is 0 Å². The van der Waals surface area contributed by atoms with E-state index in [0.717, 1.165) is 21.7 Å². The number of amides is 1. The maximum atomic E-state index is 12.1. The molecule has 0 atom stereocenters. The molecule has 1 aromatic carbocycles. The van der Waals surface area contributed by atoms with Crippen molar-refractivity contribution in [2.24, 2.45) is 0 Å². The zero-order chi connectivity index (χ0) is 17.2. The smallest absolute Gasteiger partial charge is 0.246 e. The molecular formula is C15H19N3O4S. The van der Waals surface area contributed by atoms with Gasteiger partial charge in [-0.3, -0.25) is 9.10 Å². The minimum Gasteiger partial charge on any atom is -0.360 e. The molecule has 0 aliphatic carbocycles. The number of nitrogens with one attached hydrogen (secondary N) is 1. The summed E-state index contributed by atoms with van der Waals surface area (Å²) in [5.41, 5.74) is 2.24. The van der Waals surface area contributed by atoms with Crippen molar-refractivity contribution in [3.05, 3.63) is 41.2 Å². The van der Waals surface area contributed by atoms with Gasteiger partial charge in [0.1, 0.15) is 12.3 Å². The normalized spacial score (nSPS) is 11.3. The van der Waals surface area contributed by atoms with Gasteiger partial charge in [0, 0.05) is 6.07 Å². The van der Waals surface area contributed by atoms with Crippen molar-refractivity contribution in [3.8, 4) is 0 Å². The number of anilines is 2. The first-order valence-electron chi connectivity index (χ1n) is 6.95. The van der Waals surface area contributed by atoms with Gasteiger partial charge in [-0.2, -0.15) is 0 Å². The summed E-state index contributed by atoms with van der Waals surface area (Å²) < 4.78 is 30.1. The molecule has 2 rings (SSSR count). The van der Waals surface area contributed by atoms with Crippen LogP contribution in [0.1, 0.15) is 16.9 Å². The summed E-state index contributed by atoms with van der Waals surface area (Å²) in [6.07, 6.45) is 1.07. The zero-order valence-corrected chi connectivity index (χ0v) is 14.3. The van der Waals surface area contributed by atoms with Crippen LogP contribution in [0.25, 0.3) is 0 Å². The molecule has 1 amide bonds. The van der Waals surface area contributed by atoms with Crippen molar-refractivity contribution >= 4 is 27.4 Å². The summed E-state index contributed by atoms with van der Waals surface area (Å²) in [4.78, 5) is 12.1. The molecule has 0 radical (unpaired) electrons. The van der Waals surface area contributed by atoms with E-state index >= 15 is 0 Å². The van der Waals surface area contributed by atoms with Crippen molar-refractivity contribution in [3.63, 3.8) is 0 Å². The van der Waals surface area contributed by atoms with Gasteiger partial charge in [-0.25, -0.2) is 8.42 Å². The van der Waals surface area contributed by atoms with Crippen LogP contribution in [0.2, 0.25) is 0 Å². The maximum Gasteiger partial charge on any atom is 0.246 e. The Morgan fingerprint density at radius 2 is 2.00 bits per heavy atom. The molecule has 1 N–H and O–H groups in total. The van der Waals surface area contributed by atoms with Crippen molar-refractivity contribution in [2.45, 2.75) is 20.8 Å². The first-order valence-corrected chi connectivity index (χ1v) is 8.80. The number of aryl methyl sites for hydroxylation is 2. The Labute approximate surface area is 135 Å². The predicted octanol–water partition coefficient (Wildman–Crippen LogP) is 2.00. The summed E-state index contributed by atoms with van der Waals surface area (Å²) in [5, 5.41) is 6.17. The Hall–Kier alpha value is -2.35.